The fourth-order valence-corrected chi connectivity index (χ4v) is 1.16. The molecule has 2 N–H and O–H groups in total. The third-order valence-corrected chi connectivity index (χ3v) is 2.07. The van der Waals surface area contributed by atoms with Gasteiger partial charge >= 0.3 is 0 Å². The number of hydrogen-bond donors (Lipinski definition) is 1. The highest BCUT2D eigenvalue weighted by Gasteiger charge is 2.13. The lowest BCUT2D eigenvalue weighted by Gasteiger charge is -2.06. The Bertz CT molecular complexity index is 140. The maximum Gasteiger partial charge on any atom is 0.230 e. The van der Waals surface area contributed by atoms with Gasteiger partial charge in [-0.1, -0.05) is 5.18 Å². The summed E-state index contributed by atoms with van der Waals surface area (Å²) in [7, 11) is 0. The van der Waals surface area contributed by atoms with Crippen LogP contribution in [0.2, 0.25) is 0 Å². The molecule has 5 heteroatoms. The van der Waals surface area contributed by atoms with E-state index in [1.807, 2.05) is 0 Å². The number of rotatable bonds is 4. The van der Waals surface area contributed by atoms with Crippen LogP contribution in [0.3, 0.4) is 0 Å². The first-order chi connectivity index (χ1) is 4.57. The molecule has 0 saturated carbocycles. The number of carbonyl (C=O) groups excluding carboxylic acids is 1. The molecule has 0 aromatic heterocycles. The van der Waals surface area contributed by atoms with Gasteiger partial charge in [-0.15, -0.1) is 16.7 Å². The second kappa shape index (κ2) is 4.27. The van der Waals surface area contributed by atoms with Crippen molar-refractivity contribution in [2.24, 2.45) is 10.9 Å². The van der Waals surface area contributed by atoms with Gasteiger partial charge in [-0.25, -0.2) is 0 Å². The third-order valence-electron chi connectivity index (χ3n) is 0.950. The SMILES string of the molecule is CC(N=O)SC(C)C(N)=O. The average Bonchev–Trinajstić information content (AvgIpc) is 1.87. The second-order valence-electron chi connectivity index (χ2n) is 1.89. The quantitative estimate of drug-likeness (QED) is 0.618. The number of nitroso groups, excluding NO2 is 1. The van der Waals surface area contributed by atoms with Gasteiger partial charge in [-0.05, 0) is 13.8 Å². The van der Waals surface area contributed by atoms with E-state index in [1.165, 1.54) is 0 Å². The van der Waals surface area contributed by atoms with Crippen LogP contribution in [-0.2, 0) is 4.79 Å². The minimum Gasteiger partial charge on any atom is -0.369 e. The predicted octanol–water partition coefficient (Wildman–Crippen LogP) is 0.706. The molecule has 2 atom stereocenters. The van der Waals surface area contributed by atoms with Gasteiger partial charge in [0.2, 0.25) is 5.91 Å². The van der Waals surface area contributed by atoms with Crippen LogP contribution in [-0.4, -0.2) is 16.5 Å². The van der Waals surface area contributed by atoms with Crippen LogP contribution < -0.4 is 5.73 Å². The molecule has 0 fully saturated rings. The van der Waals surface area contributed by atoms with E-state index in [4.69, 9.17) is 5.73 Å². The van der Waals surface area contributed by atoms with Crippen LogP contribution in [0.5, 0.6) is 0 Å². The number of thioether (sulfide) groups is 1. The molecule has 0 bridgehead atoms. The summed E-state index contributed by atoms with van der Waals surface area (Å²) in [6.45, 7) is 3.27. The van der Waals surface area contributed by atoms with Crippen LogP contribution in [0, 0.1) is 4.91 Å². The maximum absolute atomic E-state index is 10.4. The first-order valence-electron chi connectivity index (χ1n) is 2.85. The van der Waals surface area contributed by atoms with Gasteiger partial charge in [-0.3, -0.25) is 4.79 Å². The topological polar surface area (TPSA) is 72.5 Å². The number of hydrogen-bond acceptors (Lipinski definition) is 4. The highest BCUT2D eigenvalue weighted by molar-refractivity contribution is 8.01. The summed E-state index contributed by atoms with van der Waals surface area (Å²) in [4.78, 5) is 20.2. The van der Waals surface area contributed by atoms with Crippen LogP contribution in [0.4, 0.5) is 0 Å². The lowest BCUT2D eigenvalue weighted by Crippen LogP contribution is -2.24. The number of nitrogens with zero attached hydrogens (tertiary/aromatic N) is 1. The lowest BCUT2D eigenvalue weighted by atomic mass is 10.5. The first-order valence-corrected chi connectivity index (χ1v) is 3.79. The van der Waals surface area contributed by atoms with Crippen LogP contribution in [0.1, 0.15) is 13.8 Å². The molecule has 4 nitrogen and oxygen atoms in total. The molecule has 0 aliphatic heterocycles. The molecular weight excluding hydrogens is 152 g/mol. The average molecular weight is 162 g/mol. The Labute approximate surface area is 63.5 Å². The van der Waals surface area contributed by atoms with Gasteiger partial charge in [0.1, 0.15) is 5.37 Å². The molecule has 2 unspecified atom stereocenters. The molecule has 0 spiro atoms. The number of nitrogens with two attached hydrogens (primary N) is 1. The Morgan fingerprint density at radius 1 is 1.60 bits per heavy atom. The molecule has 0 saturated heterocycles. The number of amides is 1. The molecule has 0 aromatic rings. The molecule has 58 valence electrons. The summed E-state index contributed by atoms with van der Waals surface area (Å²) in [5, 5.41) is 1.98. The van der Waals surface area contributed by atoms with E-state index in [2.05, 4.69) is 5.18 Å². The molecule has 0 aliphatic carbocycles. The zero-order valence-electron chi connectivity index (χ0n) is 5.90. The highest BCUT2D eigenvalue weighted by Crippen LogP contribution is 2.17. The van der Waals surface area contributed by atoms with Crippen molar-refractivity contribution in [3.05, 3.63) is 4.91 Å². The fraction of sp³-hybridized carbons (Fsp3) is 0.800. The molecule has 0 aliphatic rings. The van der Waals surface area contributed by atoms with Crippen LogP contribution in [0.25, 0.3) is 0 Å². The Morgan fingerprint density at radius 3 is 2.40 bits per heavy atom. The summed E-state index contributed by atoms with van der Waals surface area (Å²) >= 11 is 1.15. The van der Waals surface area contributed by atoms with Crippen LogP contribution in [0.15, 0.2) is 5.18 Å². The van der Waals surface area contributed by atoms with E-state index in [1.54, 1.807) is 13.8 Å². The van der Waals surface area contributed by atoms with Gasteiger partial charge in [0.15, 0.2) is 0 Å². The van der Waals surface area contributed by atoms with Crippen molar-refractivity contribution >= 4 is 17.7 Å². The van der Waals surface area contributed by atoms with Crippen LogP contribution >= 0.6 is 11.8 Å². The van der Waals surface area contributed by atoms with Gasteiger partial charge in [0.25, 0.3) is 0 Å². The largest absolute Gasteiger partial charge is 0.369 e. The Kier molecular flexibility index (Phi) is 4.02. The van der Waals surface area contributed by atoms with Crippen molar-refractivity contribution in [1.29, 1.82) is 0 Å². The monoisotopic (exact) mass is 162 g/mol. The predicted molar refractivity (Wildman–Crippen MR) is 41.5 cm³/mol. The number of primary amides is 1. The van der Waals surface area contributed by atoms with E-state index in [0.717, 1.165) is 11.8 Å². The van der Waals surface area contributed by atoms with E-state index in [-0.39, 0.29) is 5.25 Å². The Balaban J connectivity index is 3.67. The smallest absolute Gasteiger partial charge is 0.230 e. The Hall–Kier alpha value is -0.580. The summed E-state index contributed by atoms with van der Waals surface area (Å²) in [5.74, 6) is -0.416. The van der Waals surface area contributed by atoms with E-state index in [9.17, 15) is 9.70 Å². The first kappa shape index (κ1) is 9.42. The summed E-state index contributed by atoms with van der Waals surface area (Å²) in [5.41, 5.74) is 4.94. The molecule has 0 aromatic carbocycles. The molecule has 10 heavy (non-hydrogen) atoms. The summed E-state index contributed by atoms with van der Waals surface area (Å²) in [6, 6.07) is 0. The van der Waals surface area contributed by atoms with Gasteiger partial charge < -0.3 is 5.73 Å². The zero-order valence-corrected chi connectivity index (χ0v) is 6.72. The normalized spacial score (nSPS) is 15.8. The van der Waals surface area contributed by atoms with Gasteiger partial charge in [0, 0.05) is 0 Å². The third kappa shape index (κ3) is 3.45. The minimum absolute atomic E-state index is 0.340. The summed E-state index contributed by atoms with van der Waals surface area (Å²) < 4.78 is 0. The molecule has 1 amide bonds. The molecule has 0 rings (SSSR count). The second-order valence-corrected chi connectivity index (χ2v) is 3.55. The highest BCUT2D eigenvalue weighted by atomic mass is 32.2. The fourth-order valence-electron chi connectivity index (χ4n) is 0.387. The summed E-state index contributed by atoms with van der Waals surface area (Å²) in [6.07, 6.45) is 0. The minimum atomic E-state index is -0.416. The maximum atomic E-state index is 10.4. The van der Waals surface area contributed by atoms with Gasteiger partial charge in [0.05, 0.1) is 5.25 Å². The van der Waals surface area contributed by atoms with Crippen molar-refractivity contribution in [3.63, 3.8) is 0 Å². The molecule has 0 heterocycles. The number of carbonyl (C=O) groups is 1. The van der Waals surface area contributed by atoms with Crippen molar-refractivity contribution in [2.75, 3.05) is 0 Å². The standard InChI is InChI=1S/C5H10N2O2S/c1-3(5(6)8)10-4(2)7-9/h3-4H,1-2H3,(H2,6,8). The lowest BCUT2D eigenvalue weighted by molar-refractivity contribution is -0.117. The van der Waals surface area contributed by atoms with Crippen molar-refractivity contribution in [1.82, 2.24) is 0 Å². The van der Waals surface area contributed by atoms with Crippen molar-refractivity contribution < 1.29 is 4.79 Å². The van der Waals surface area contributed by atoms with Crippen molar-refractivity contribution in [2.45, 2.75) is 24.5 Å². The zero-order chi connectivity index (χ0) is 8.15. The Morgan fingerprint density at radius 2 is 2.10 bits per heavy atom. The van der Waals surface area contributed by atoms with E-state index >= 15 is 0 Å². The van der Waals surface area contributed by atoms with E-state index < -0.39 is 11.3 Å². The van der Waals surface area contributed by atoms with Crippen molar-refractivity contribution in [3.8, 4) is 0 Å². The van der Waals surface area contributed by atoms with E-state index in [0.29, 0.717) is 0 Å². The molecule has 0 radical (unpaired) electrons. The van der Waals surface area contributed by atoms with Gasteiger partial charge in [-0.2, -0.15) is 0 Å². The molecular formula is C5H10N2O2S.